The van der Waals surface area contributed by atoms with Crippen molar-refractivity contribution >= 4 is 27.7 Å². The van der Waals surface area contributed by atoms with Crippen molar-refractivity contribution in [1.29, 1.82) is 0 Å². The van der Waals surface area contributed by atoms with E-state index in [0.717, 1.165) is 22.3 Å². The van der Waals surface area contributed by atoms with Gasteiger partial charge in [0.25, 0.3) is 0 Å². The summed E-state index contributed by atoms with van der Waals surface area (Å²) in [5, 5.41) is 7.00. The molecule has 1 saturated heterocycles. The van der Waals surface area contributed by atoms with E-state index in [1.54, 1.807) is 9.58 Å². The molecule has 1 aliphatic rings. The standard InChI is InChI=1S/C12H17BrN4O2/c1-3-8-12(13)9(16(2)15-8)7-17-5-4-10(18)14-6-11(17)19/h3-7H2,1-2H3,(H,14,18). The van der Waals surface area contributed by atoms with Gasteiger partial charge in [0.2, 0.25) is 11.8 Å². The van der Waals surface area contributed by atoms with Gasteiger partial charge in [0, 0.05) is 20.0 Å². The highest BCUT2D eigenvalue weighted by Crippen LogP contribution is 2.23. The highest BCUT2D eigenvalue weighted by molar-refractivity contribution is 9.10. The minimum Gasteiger partial charge on any atom is -0.347 e. The van der Waals surface area contributed by atoms with Crippen molar-refractivity contribution in [3.05, 3.63) is 15.9 Å². The average Bonchev–Trinajstić information content (AvgIpc) is 2.55. The summed E-state index contributed by atoms with van der Waals surface area (Å²) in [4.78, 5) is 24.9. The summed E-state index contributed by atoms with van der Waals surface area (Å²) < 4.78 is 2.74. The zero-order valence-corrected chi connectivity index (χ0v) is 12.7. The zero-order chi connectivity index (χ0) is 14.0. The summed E-state index contributed by atoms with van der Waals surface area (Å²) in [7, 11) is 1.87. The van der Waals surface area contributed by atoms with Crippen molar-refractivity contribution in [2.24, 2.45) is 7.05 Å². The minimum absolute atomic E-state index is 0.0583. The summed E-state index contributed by atoms with van der Waals surface area (Å²) >= 11 is 3.54. The fraction of sp³-hybridized carbons (Fsp3) is 0.583. The number of carbonyl (C=O) groups excluding carboxylic acids is 2. The number of aryl methyl sites for hydroxylation is 2. The van der Waals surface area contributed by atoms with E-state index >= 15 is 0 Å². The van der Waals surface area contributed by atoms with Gasteiger partial charge in [-0.2, -0.15) is 5.10 Å². The van der Waals surface area contributed by atoms with Crippen LogP contribution in [0.1, 0.15) is 24.7 Å². The first-order valence-electron chi connectivity index (χ1n) is 6.27. The molecule has 0 saturated carbocycles. The maximum atomic E-state index is 11.9. The van der Waals surface area contributed by atoms with Gasteiger partial charge in [-0.05, 0) is 22.4 Å². The van der Waals surface area contributed by atoms with E-state index in [2.05, 4.69) is 26.3 Å². The number of amides is 2. The SMILES string of the molecule is CCc1nn(C)c(CN2CCC(=O)NCC2=O)c1Br. The highest BCUT2D eigenvalue weighted by Gasteiger charge is 2.23. The molecule has 0 bridgehead atoms. The van der Waals surface area contributed by atoms with Gasteiger partial charge < -0.3 is 10.2 Å². The fourth-order valence-corrected chi connectivity index (χ4v) is 2.82. The molecule has 1 fully saturated rings. The van der Waals surface area contributed by atoms with Gasteiger partial charge in [0.05, 0.1) is 29.0 Å². The van der Waals surface area contributed by atoms with Gasteiger partial charge in [0.15, 0.2) is 0 Å². The Balaban J connectivity index is 2.18. The molecule has 7 heteroatoms. The second kappa shape index (κ2) is 5.73. The maximum absolute atomic E-state index is 11.9. The van der Waals surface area contributed by atoms with Gasteiger partial charge >= 0.3 is 0 Å². The number of hydrogen-bond acceptors (Lipinski definition) is 3. The highest BCUT2D eigenvalue weighted by atomic mass is 79.9. The molecule has 1 aromatic rings. The van der Waals surface area contributed by atoms with E-state index in [4.69, 9.17) is 0 Å². The third kappa shape index (κ3) is 2.97. The Morgan fingerprint density at radius 3 is 2.79 bits per heavy atom. The fourth-order valence-electron chi connectivity index (χ4n) is 2.08. The molecule has 1 aromatic heterocycles. The van der Waals surface area contributed by atoms with Gasteiger partial charge in [0.1, 0.15) is 0 Å². The van der Waals surface area contributed by atoms with Gasteiger partial charge in [-0.3, -0.25) is 14.3 Å². The molecule has 0 radical (unpaired) electrons. The lowest BCUT2D eigenvalue weighted by molar-refractivity contribution is -0.130. The van der Waals surface area contributed by atoms with Crippen LogP contribution >= 0.6 is 15.9 Å². The number of rotatable bonds is 3. The Labute approximate surface area is 120 Å². The molecule has 0 aromatic carbocycles. The largest absolute Gasteiger partial charge is 0.347 e. The van der Waals surface area contributed by atoms with Crippen LogP contribution in [-0.2, 0) is 29.6 Å². The van der Waals surface area contributed by atoms with Crippen LogP contribution in [-0.4, -0.2) is 39.6 Å². The topological polar surface area (TPSA) is 67.2 Å². The lowest BCUT2D eigenvalue weighted by atomic mass is 10.3. The smallest absolute Gasteiger partial charge is 0.242 e. The van der Waals surface area contributed by atoms with Crippen LogP contribution in [0, 0.1) is 0 Å². The van der Waals surface area contributed by atoms with Crippen LogP contribution in [0.4, 0.5) is 0 Å². The Morgan fingerprint density at radius 2 is 2.16 bits per heavy atom. The van der Waals surface area contributed by atoms with Crippen molar-refractivity contribution in [2.45, 2.75) is 26.3 Å². The first kappa shape index (κ1) is 14.0. The van der Waals surface area contributed by atoms with Crippen molar-refractivity contribution in [2.75, 3.05) is 13.1 Å². The molecule has 2 amide bonds. The lowest BCUT2D eigenvalue weighted by Crippen LogP contribution is -2.35. The van der Waals surface area contributed by atoms with E-state index in [0.29, 0.717) is 19.5 Å². The molecule has 0 atom stereocenters. The van der Waals surface area contributed by atoms with E-state index in [-0.39, 0.29) is 18.4 Å². The monoisotopic (exact) mass is 328 g/mol. The molecule has 19 heavy (non-hydrogen) atoms. The molecular formula is C12H17BrN4O2. The average molecular weight is 329 g/mol. The van der Waals surface area contributed by atoms with Crippen LogP contribution in [0.2, 0.25) is 0 Å². The Morgan fingerprint density at radius 1 is 1.42 bits per heavy atom. The number of aromatic nitrogens is 2. The molecule has 1 aliphatic heterocycles. The zero-order valence-electron chi connectivity index (χ0n) is 11.1. The van der Waals surface area contributed by atoms with E-state index < -0.39 is 0 Å². The quantitative estimate of drug-likeness (QED) is 0.883. The first-order valence-corrected chi connectivity index (χ1v) is 7.07. The number of nitrogens with one attached hydrogen (secondary N) is 1. The van der Waals surface area contributed by atoms with Crippen LogP contribution in [0.3, 0.4) is 0 Å². The predicted octanol–water partition coefficient (Wildman–Crippen LogP) is 0.593. The number of carbonyl (C=O) groups is 2. The third-order valence-electron chi connectivity index (χ3n) is 3.24. The number of nitrogens with zero attached hydrogens (tertiary/aromatic N) is 3. The summed E-state index contributed by atoms with van der Waals surface area (Å²) in [5.74, 6) is -0.133. The van der Waals surface area contributed by atoms with Crippen LogP contribution < -0.4 is 5.32 Å². The molecule has 0 aliphatic carbocycles. The third-order valence-corrected chi connectivity index (χ3v) is 4.16. The minimum atomic E-state index is -0.0748. The summed E-state index contributed by atoms with van der Waals surface area (Å²) in [6.45, 7) is 3.03. The van der Waals surface area contributed by atoms with Crippen LogP contribution in [0.15, 0.2) is 4.47 Å². The second-order valence-corrected chi connectivity index (χ2v) is 5.32. The second-order valence-electron chi connectivity index (χ2n) is 4.53. The summed E-state index contributed by atoms with van der Waals surface area (Å²) in [5.41, 5.74) is 1.94. The molecule has 6 nitrogen and oxygen atoms in total. The van der Waals surface area contributed by atoms with Crippen molar-refractivity contribution in [3.8, 4) is 0 Å². The lowest BCUT2D eigenvalue weighted by Gasteiger charge is -2.19. The van der Waals surface area contributed by atoms with Crippen LogP contribution in [0.25, 0.3) is 0 Å². The molecule has 2 heterocycles. The molecular weight excluding hydrogens is 312 g/mol. The van der Waals surface area contributed by atoms with Crippen molar-refractivity contribution in [1.82, 2.24) is 20.0 Å². The normalized spacial score (nSPS) is 16.5. The summed E-state index contributed by atoms with van der Waals surface area (Å²) in [6.07, 6.45) is 1.18. The van der Waals surface area contributed by atoms with Gasteiger partial charge in [-0.1, -0.05) is 6.92 Å². The van der Waals surface area contributed by atoms with E-state index in [1.165, 1.54) is 0 Å². The number of halogens is 1. The predicted molar refractivity (Wildman–Crippen MR) is 73.3 cm³/mol. The van der Waals surface area contributed by atoms with E-state index in [9.17, 15) is 9.59 Å². The number of hydrogen-bond donors (Lipinski definition) is 1. The summed E-state index contributed by atoms with van der Waals surface area (Å²) in [6, 6.07) is 0. The Bertz CT molecular complexity index is 512. The van der Waals surface area contributed by atoms with Crippen LogP contribution in [0.5, 0.6) is 0 Å². The Kier molecular flexibility index (Phi) is 4.24. The molecule has 2 rings (SSSR count). The van der Waals surface area contributed by atoms with E-state index in [1.807, 2.05) is 14.0 Å². The molecule has 0 spiro atoms. The first-order chi connectivity index (χ1) is 9.02. The van der Waals surface area contributed by atoms with Crippen molar-refractivity contribution in [3.63, 3.8) is 0 Å². The van der Waals surface area contributed by atoms with Crippen molar-refractivity contribution < 1.29 is 9.59 Å². The Hall–Kier alpha value is -1.37. The maximum Gasteiger partial charge on any atom is 0.242 e. The van der Waals surface area contributed by atoms with Gasteiger partial charge in [-0.25, -0.2) is 0 Å². The molecule has 1 N–H and O–H groups in total. The van der Waals surface area contributed by atoms with Gasteiger partial charge in [-0.15, -0.1) is 0 Å². The molecule has 0 unspecified atom stereocenters. The molecule has 104 valence electrons.